The zero-order valence-corrected chi connectivity index (χ0v) is 13.2. The first-order chi connectivity index (χ1) is 9.95. The highest BCUT2D eigenvalue weighted by Crippen LogP contribution is 2.21. The highest BCUT2D eigenvalue weighted by molar-refractivity contribution is 5.88. The van der Waals surface area contributed by atoms with Crippen LogP contribution in [0.15, 0.2) is 18.2 Å². The van der Waals surface area contributed by atoms with Gasteiger partial charge in [0.15, 0.2) is 0 Å². The van der Waals surface area contributed by atoms with Gasteiger partial charge in [0.1, 0.15) is 0 Å². The third kappa shape index (κ3) is 4.46. The summed E-state index contributed by atoms with van der Waals surface area (Å²) in [6.45, 7) is 9.95. The minimum Gasteiger partial charge on any atom is -0.478 e. The number of nitrogens with one attached hydrogen (secondary N) is 1. The van der Waals surface area contributed by atoms with E-state index in [4.69, 9.17) is 5.11 Å². The van der Waals surface area contributed by atoms with E-state index in [1.165, 1.54) is 6.54 Å². The molecular formula is C17H26N2O2. The predicted octanol–water partition coefficient (Wildman–Crippen LogP) is 3.23. The molecule has 0 bridgehead atoms. The molecule has 1 aromatic rings. The number of benzene rings is 1. The number of carbonyl (C=O) groups is 1. The van der Waals surface area contributed by atoms with Gasteiger partial charge in [-0.15, -0.1) is 0 Å². The van der Waals surface area contributed by atoms with Gasteiger partial charge in [0.25, 0.3) is 0 Å². The van der Waals surface area contributed by atoms with Crippen LogP contribution in [0.4, 0.5) is 5.69 Å². The van der Waals surface area contributed by atoms with Crippen LogP contribution >= 0.6 is 0 Å². The second-order valence-corrected chi connectivity index (χ2v) is 6.45. The van der Waals surface area contributed by atoms with Crippen LogP contribution in [-0.2, 0) is 0 Å². The number of hydrogen-bond donors (Lipinski definition) is 2. The molecule has 0 atom stereocenters. The Hall–Kier alpha value is -1.55. The van der Waals surface area contributed by atoms with Crippen molar-refractivity contribution in [2.24, 2.45) is 5.92 Å². The van der Waals surface area contributed by atoms with Gasteiger partial charge in [0.2, 0.25) is 0 Å². The van der Waals surface area contributed by atoms with Crippen LogP contribution in [0.5, 0.6) is 0 Å². The number of hydrogen-bond acceptors (Lipinski definition) is 3. The van der Waals surface area contributed by atoms with Crippen LogP contribution in [-0.4, -0.2) is 41.7 Å². The zero-order valence-electron chi connectivity index (χ0n) is 13.2. The van der Waals surface area contributed by atoms with Crippen LogP contribution < -0.4 is 5.32 Å². The molecule has 4 heteroatoms. The molecule has 4 nitrogen and oxygen atoms in total. The molecule has 0 aliphatic carbocycles. The van der Waals surface area contributed by atoms with Gasteiger partial charge in [0.05, 0.1) is 5.56 Å². The summed E-state index contributed by atoms with van der Waals surface area (Å²) >= 11 is 0. The van der Waals surface area contributed by atoms with E-state index in [0.29, 0.717) is 11.6 Å². The van der Waals surface area contributed by atoms with Crippen LogP contribution in [0.1, 0.15) is 42.6 Å². The molecule has 116 valence electrons. The summed E-state index contributed by atoms with van der Waals surface area (Å²) in [4.78, 5) is 13.5. The Kier molecular flexibility index (Phi) is 5.23. The largest absolute Gasteiger partial charge is 0.478 e. The monoisotopic (exact) mass is 290 g/mol. The van der Waals surface area contributed by atoms with Gasteiger partial charge < -0.3 is 15.3 Å². The van der Waals surface area contributed by atoms with Gasteiger partial charge in [-0.05, 0) is 49.4 Å². The van der Waals surface area contributed by atoms with Gasteiger partial charge in [-0.1, -0.05) is 13.8 Å². The minimum atomic E-state index is -0.869. The number of carboxylic acid groups (broad SMARTS) is 1. The molecule has 0 unspecified atom stereocenters. The van der Waals surface area contributed by atoms with Gasteiger partial charge in [0, 0.05) is 31.4 Å². The number of piperidine rings is 1. The van der Waals surface area contributed by atoms with Crippen molar-refractivity contribution in [3.63, 3.8) is 0 Å². The molecule has 0 amide bonds. The van der Waals surface area contributed by atoms with Crippen molar-refractivity contribution >= 4 is 11.7 Å². The molecule has 0 saturated carbocycles. The molecule has 1 aliphatic heterocycles. The van der Waals surface area contributed by atoms with Crippen molar-refractivity contribution in [3.05, 3.63) is 29.3 Å². The lowest BCUT2D eigenvalue weighted by molar-refractivity contribution is 0.0697. The molecule has 0 spiro atoms. The molecule has 2 N–H and O–H groups in total. The van der Waals surface area contributed by atoms with Crippen molar-refractivity contribution < 1.29 is 9.90 Å². The van der Waals surface area contributed by atoms with E-state index < -0.39 is 5.97 Å². The Balaban J connectivity index is 1.90. The van der Waals surface area contributed by atoms with Gasteiger partial charge in [-0.3, -0.25) is 0 Å². The average Bonchev–Trinajstić information content (AvgIpc) is 2.42. The van der Waals surface area contributed by atoms with Crippen molar-refractivity contribution in [2.45, 2.75) is 39.7 Å². The van der Waals surface area contributed by atoms with E-state index in [9.17, 15) is 4.79 Å². The fourth-order valence-corrected chi connectivity index (χ4v) is 2.95. The predicted molar refractivity (Wildman–Crippen MR) is 86.1 cm³/mol. The van der Waals surface area contributed by atoms with E-state index in [0.717, 1.165) is 43.1 Å². The molecule has 2 rings (SSSR count). The Morgan fingerprint density at radius 1 is 1.38 bits per heavy atom. The summed E-state index contributed by atoms with van der Waals surface area (Å²) in [5.41, 5.74) is 2.41. The fraction of sp³-hybridized carbons (Fsp3) is 0.588. The SMILES string of the molecule is Cc1cc(C(=O)O)ccc1NC1CCN(CC(C)C)CC1. The van der Waals surface area contributed by atoms with E-state index in [1.807, 2.05) is 13.0 Å². The Bertz CT molecular complexity index is 492. The Labute approximate surface area is 127 Å². The van der Waals surface area contributed by atoms with E-state index in [-0.39, 0.29) is 0 Å². The summed E-state index contributed by atoms with van der Waals surface area (Å²) in [5, 5.41) is 12.6. The molecule has 0 aromatic heterocycles. The van der Waals surface area contributed by atoms with Crippen LogP contribution in [0.3, 0.4) is 0 Å². The average molecular weight is 290 g/mol. The maximum Gasteiger partial charge on any atom is 0.335 e. The lowest BCUT2D eigenvalue weighted by atomic mass is 10.0. The van der Waals surface area contributed by atoms with Gasteiger partial charge in [-0.2, -0.15) is 0 Å². The Morgan fingerprint density at radius 2 is 2.05 bits per heavy atom. The van der Waals surface area contributed by atoms with E-state index >= 15 is 0 Å². The van der Waals surface area contributed by atoms with E-state index in [1.54, 1.807) is 12.1 Å². The minimum absolute atomic E-state index is 0.352. The van der Waals surface area contributed by atoms with Gasteiger partial charge in [-0.25, -0.2) is 4.79 Å². The molecule has 21 heavy (non-hydrogen) atoms. The normalized spacial score (nSPS) is 17.1. The van der Waals surface area contributed by atoms with Crippen molar-refractivity contribution in [1.82, 2.24) is 4.90 Å². The molecule has 0 radical (unpaired) electrons. The van der Waals surface area contributed by atoms with E-state index in [2.05, 4.69) is 24.1 Å². The highest BCUT2D eigenvalue weighted by atomic mass is 16.4. The highest BCUT2D eigenvalue weighted by Gasteiger charge is 2.20. The molecular weight excluding hydrogens is 264 g/mol. The standard InChI is InChI=1S/C17H26N2O2/c1-12(2)11-19-8-6-15(7-9-19)18-16-5-4-14(17(20)21)10-13(16)3/h4-5,10,12,15,18H,6-9,11H2,1-3H3,(H,20,21). The van der Waals surface area contributed by atoms with Crippen LogP contribution in [0.2, 0.25) is 0 Å². The summed E-state index contributed by atoms with van der Waals surface area (Å²) < 4.78 is 0. The first kappa shape index (κ1) is 15.8. The first-order valence-corrected chi connectivity index (χ1v) is 7.78. The fourth-order valence-electron chi connectivity index (χ4n) is 2.95. The quantitative estimate of drug-likeness (QED) is 0.874. The summed E-state index contributed by atoms with van der Waals surface area (Å²) in [6.07, 6.45) is 2.29. The smallest absolute Gasteiger partial charge is 0.335 e. The number of aromatic carboxylic acids is 1. The second kappa shape index (κ2) is 6.94. The van der Waals surface area contributed by atoms with Crippen molar-refractivity contribution in [1.29, 1.82) is 0 Å². The lowest BCUT2D eigenvalue weighted by Gasteiger charge is -2.34. The van der Waals surface area contributed by atoms with Crippen molar-refractivity contribution in [3.8, 4) is 0 Å². The number of nitrogens with zero attached hydrogens (tertiary/aromatic N) is 1. The summed E-state index contributed by atoms with van der Waals surface area (Å²) in [6, 6.07) is 5.78. The number of aryl methyl sites for hydroxylation is 1. The summed E-state index contributed by atoms with van der Waals surface area (Å²) in [7, 11) is 0. The molecule has 1 aliphatic rings. The van der Waals surface area contributed by atoms with Crippen molar-refractivity contribution in [2.75, 3.05) is 25.0 Å². The first-order valence-electron chi connectivity index (χ1n) is 7.78. The molecule has 1 aromatic carbocycles. The third-order valence-electron chi connectivity index (χ3n) is 4.04. The number of rotatable bonds is 5. The van der Waals surface area contributed by atoms with Crippen LogP contribution in [0, 0.1) is 12.8 Å². The Morgan fingerprint density at radius 3 is 2.57 bits per heavy atom. The lowest BCUT2D eigenvalue weighted by Crippen LogP contribution is -2.40. The van der Waals surface area contributed by atoms with Crippen LogP contribution in [0.25, 0.3) is 0 Å². The molecule has 1 saturated heterocycles. The number of carboxylic acids is 1. The number of anilines is 1. The summed E-state index contributed by atoms with van der Waals surface area (Å²) in [5.74, 6) is -0.146. The zero-order chi connectivity index (χ0) is 15.4. The number of likely N-dealkylation sites (tertiary alicyclic amines) is 1. The molecule has 1 fully saturated rings. The molecule has 1 heterocycles. The van der Waals surface area contributed by atoms with Gasteiger partial charge >= 0.3 is 5.97 Å². The maximum absolute atomic E-state index is 11.0. The third-order valence-corrected chi connectivity index (χ3v) is 4.04. The second-order valence-electron chi connectivity index (χ2n) is 6.45. The maximum atomic E-state index is 11.0. The topological polar surface area (TPSA) is 52.6 Å².